The summed E-state index contributed by atoms with van der Waals surface area (Å²) in [4.78, 5) is 4.21. The highest BCUT2D eigenvalue weighted by Crippen LogP contribution is 2.36. The topological polar surface area (TPSA) is 17.8 Å². The van der Waals surface area contributed by atoms with Crippen LogP contribution in [0, 0.1) is 18.8 Å². The molecule has 2 rings (SSSR count). The van der Waals surface area contributed by atoms with Gasteiger partial charge in [-0.1, -0.05) is 13.8 Å². The molecular formula is C13H22N2. The van der Waals surface area contributed by atoms with Crippen LogP contribution in [0.3, 0.4) is 0 Å². The molecule has 1 aromatic heterocycles. The van der Waals surface area contributed by atoms with Crippen LogP contribution in [0.2, 0.25) is 0 Å². The van der Waals surface area contributed by atoms with Crippen molar-refractivity contribution >= 4 is 0 Å². The monoisotopic (exact) mass is 206 g/mol. The van der Waals surface area contributed by atoms with Crippen LogP contribution in [0.5, 0.6) is 0 Å². The van der Waals surface area contributed by atoms with Crippen LogP contribution >= 0.6 is 0 Å². The molecule has 15 heavy (non-hydrogen) atoms. The minimum atomic E-state index is 0.711. The highest BCUT2D eigenvalue weighted by Gasteiger charge is 2.24. The molecule has 0 unspecified atom stereocenters. The fraction of sp³-hybridized carbons (Fsp3) is 0.769. The summed E-state index contributed by atoms with van der Waals surface area (Å²) in [5, 5.41) is 0. The van der Waals surface area contributed by atoms with Crippen LogP contribution in [-0.2, 0) is 0 Å². The van der Waals surface area contributed by atoms with E-state index in [4.69, 9.17) is 0 Å². The maximum absolute atomic E-state index is 4.21. The smallest absolute Gasteiger partial charge is 0.0950 e. The first-order valence-corrected chi connectivity index (χ1v) is 6.17. The van der Waals surface area contributed by atoms with Gasteiger partial charge in [0.1, 0.15) is 0 Å². The molecule has 1 saturated carbocycles. The van der Waals surface area contributed by atoms with Crippen molar-refractivity contribution in [2.45, 2.75) is 52.5 Å². The molecule has 0 spiro atoms. The number of nitrogens with zero attached hydrogens (tertiary/aromatic N) is 2. The Morgan fingerprint density at radius 3 is 2.40 bits per heavy atom. The van der Waals surface area contributed by atoms with E-state index in [2.05, 4.69) is 30.3 Å². The standard InChI is InChI=1S/C13H22N2/c1-10(2)12-4-6-13(7-5-12)15-9-14-8-11(15)3/h8-10,12-13H,4-7H2,1-3H3. The van der Waals surface area contributed by atoms with E-state index in [0.717, 1.165) is 11.8 Å². The zero-order valence-electron chi connectivity index (χ0n) is 10.1. The molecule has 1 aliphatic rings. The lowest BCUT2D eigenvalue weighted by Gasteiger charge is -2.32. The van der Waals surface area contributed by atoms with Gasteiger partial charge in [0.2, 0.25) is 0 Å². The van der Waals surface area contributed by atoms with Crippen molar-refractivity contribution < 1.29 is 0 Å². The van der Waals surface area contributed by atoms with Crippen LogP contribution in [-0.4, -0.2) is 9.55 Å². The lowest BCUT2D eigenvalue weighted by molar-refractivity contribution is 0.224. The van der Waals surface area contributed by atoms with Crippen molar-refractivity contribution in [3.63, 3.8) is 0 Å². The molecule has 0 N–H and O–H groups in total. The maximum Gasteiger partial charge on any atom is 0.0950 e. The fourth-order valence-electron chi connectivity index (χ4n) is 2.80. The first kappa shape index (κ1) is 10.7. The van der Waals surface area contributed by atoms with E-state index in [0.29, 0.717) is 6.04 Å². The number of imidazole rings is 1. The van der Waals surface area contributed by atoms with Crippen molar-refractivity contribution in [1.29, 1.82) is 0 Å². The minimum Gasteiger partial charge on any atom is -0.332 e. The lowest BCUT2D eigenvalue weighted by Crippen LogP contribution is -2.21. The molecule has 0 aromatic carbocycles. The van der Waals surface area contributed by atoms with Gasteiger partial charge in [-0.15, -0.1) is 0 Å². The SMILES string of the molecule is Cc1cncn1C1CCC(C(C)C)CC1. The van der Waals surface area contributed by atoms with Gasteiger partial charge in [0, 0.05) is 17.9 Å². The van der Waals surface area contributed by atoms with Crippen molar-refractivity contribution in [2.75, 3.05) is 0 Å². The van der Waals surface area contributed by atoms with Gasteiger partial charge in [0.25, 0.3) is 0 Å². The van der Waals surface area contributed by atoms with Gasteiger partial charge in [-0.05, 0) is 44.4 Å². The second kappa shape index (κ2) is 4.38. The van der Waals surface area contributed by atoms with Gasteiger partial charge in [-0.2, -0.15) is 0 Å². The zero-order chi connectivity index (χ0) is 10.8. The van der Waals surface area contributed by atoms with E-state index >= 15 is 0 Å². The highest BCUT2D eigenvalue weighted by atomic mass is 15.1. The summed E-state index contributed by atoms with van der Waals surface area (Å²) >= 11 is 0. The first-order chi connectivity index (χ1) is 7.18. The molecule has 1 fully saturated rings. The molecule has 1 aromatic rings. The van der Waals surface area contributed by atoms with Crippen LogP contribution < -0.4 is 0 Å². The van der Waals surface area contributed by atoms with Gasteiger partial charge >= 0.3 is 0 Å². The molecule has 0 aliphatic heterocycles. The average Bonchev–Trinajstić information content (AvgIpc) is 2.65. The van der Waals surface area contributed by atoms with Crippen LogP contribution in [0.25, 0.3) is 0 Å². The van der Waals surface area contributed by atoms with Gasteiger partial charge in [0.15, 0.2) is 0 Å². The zero-order valence-corrected chi connectivity index (χ0v) is 10.1. The Bertz CT molecular complexity index is 306. The number of rotatable bonds is 2. The van der Waals surface area contributed by atoms with E-state index in [9.17, 15) is 0 Å². The summed E-state index contributed by atoms with van der Waals surface area (Å²) in [5.74, 6) is 1.81. The average molecular weight is 206 g/mol. The lowest BCUT2D eigenvalue weighted by atomic mass is 9.79. The molecule has 84 valence electrons. The highest BCUT2D eigenvalue weighted by molar-refractivity contribution is 4.97. The van der Waals surface area contributed by atoms with E-state index in [-0.39, 0.29) is 0 Å². The van der Waals surface area contributed by atoms with Crippen molar-refractivity contribution in [3.8, 4) is 0 Å². The van der Waals surface area contributed by atoms with Crippen LogP contribution in [0.4, 0.5) is 0 Å². The summed E-state index contributed by atoms with van der Waals surface area (Å²) in [6, 6.07) is 0.711. The van der Waals surface area contributed by atoms with Crippen molar-refractivity contribution in [3.05, 3.63) is 18.2 Å². The molecule has 0 saturated heterocycles. The molecule has 1 heterocycles. The maximum atomic E-state index is 4.21. The van der Waals surface area contributed by atoms with Crippen LogP contribution in [0.1, 0.15) is 51.3 Å². The second-order valence-electron chi connectivity index (χ2n) is 5.25. The Hall–Kier alpha value is -0.790. The third-order valence-electron chi connectivity index (χ3n) is 3.94. The predicted octanol–water partition coefficient (Wildman–Crippen LogP) is 3.58. The number of aryl methyl sites for hydroxylation is 1. The number of hydrogen-bond acceptors (Lipinski definition) is 1. The summed E-state index contributed by atoms with van der Waals surface area (Å²) in [6.07, 6.45) is 9.41. The number of hydrogen-bond donors (Lipinski definition) is 0. The number of aromatic nitrogens is 2. The summed E-state index contributed by atoms with van der Waals surface area (Å²) < 4.78 is 2.36. The van der Waals surface area contributed by atoms with Gasteiger partial charge < -0.3 is 4.57 Å². The molecular weight excluding hydrogens is 184 g/mol. The summed E-state index contributed by atoms with van der Waals surface area (Å²) in [5.41, 5.74) is 1.31. The summed E-state index contributed by atoms with van der Waals surface area (Å²) in [6.45, 7) is 6.86. The van der Waals surface area contributed by atoms with E-state index in [1.807, 2.05) is 12.5 Å². The van der Waals surface area contributed by atoms with Gasteiger partial charge in [-0.25, -0.2) is 4.98 Å². The third kappa shape index (κ3) is 2.24. The first-order valence-electron chi connectivity index (χ1n) is 6.17. The van der Waals surface area contributed by atoms with Crippen LogP contribution in [0.15, 0.2) is 12.5 Å². The Labute approximate surface area is 92.7 Å². The molecule has 0 atom stereocenters. The van der Waals surface area contributed by atoms with Crippen molar-refractivity contribution in [1.82, 2.24) is 9.55 Å². The third-order valence-corrected chi connectivity index (χ3v) is 3.94. The molecule has 2 nitrogen and oxygen atoms in total. The Morgan fingerprint density at radius 2 is 1.93 bits per heavy atom. The largest absolute Gasteiger partial charge is 0.332 e. The summed E-state index contributed by atoms with van der Waals surface area (Å²) in [7, 11) is 0. The van der Waals surface area contributed by atoms with E-state index in [1.54, 1.807) is 0 Å². The second-order valence-corrected chi connectivity index (χ2v) is 5.25. The van der Waals surface area contributed by atoms with Gasteiger partial charge in [-0.3, -0.25) is 0 Å². The Morgan fingerprint density at radius 1 is 1.27 bits per heavy atom. The predicted molar refractivity (Wildman–Crippen MR) is 62.8 cm³/mol. The minimum absolute atomic E-state index is 0.711. The molecule has 0 amide bonds. The van der Waals surface area contributed by atoms with E-state index in [1.165, 1.54) is 31.4 Å². The van der Waals surface area contributed by atoms with Crippen molar-refractivity contribution in [2.24, 2.45) is 11.8 Å². The van der Waals surface area contributed by atoms with E-state index < -0.39 is 0 Å². The molecule has 1 aliphatic carbocycles. The molecule has 0 radical (unpaired) electrons. The Balaban J connectivity index is 1.97. The van der Waals surface area contributed by atoms with Gasteiger partial charge in [0.05, 0.1) is 6.33 Å². The fourth-order valence-corrected chi connectivity index (χ4v) is 2.80. The normalized spacial score (nSPS) is 27.2. The quantitative estimate of drug-likeness (QED) is 0.723. The molecule has 0 bridgehead atoms. The molecule has 2 heteroatoms. The Kier molecular flexibility index (Phi) is 3.13.